The van der Waals surface area contributed by atoms with Crippen molar-refractivity contribution in [1.82, 2.24) is 15.1 Å². The summed E-state index contributed by atoms with van der Waals surface area (Å²) in [6.07, 6.45) is -1.66. The van der Waals surface area contributed by atoms with Gasteiger partial charge in [-0.05, 0) is 66.6 Å². The minimum Gasteiger partial charge on any atom is -0.395 e. The first-order valence-electron chi connectivity index (χ1n) is 11.8. The van der Waals surface area contributed by atoms with Gasteiger partial charge in [0, 0.05) is 25.7 Å². The quantitative estimate of drug-likeness (QED) is 0.529. The van der Waals surface area contributed by atoms with E-state index >= 15 is 0 Å². The molecule has 0 amide bonds. The maximum atomic E-state index is 13.3. The van der Waals surface area contributed by atoms with Crippen LogP contribution in [0.1, 0.15) is 18.4 Å². The zero-order valence-corrected chi connectivity index (χ0v) is 20.0. The van der Waals surface area contributed by atoms with E-state index in [4.69, 9.17) is 0 Å². The fraction of sp³-hybridized carbons (Fsp3) is 0.360. The predicted molar refractivity (Wildman–Crippen MR) is 125 cm³/mol. The number of anilines is 1. The normalized spacial score (nSPS) is 24.6. The van der Waals surface area contributed by atoms with Crippen molar-refractivity contribution in [2.24, 2.45) is 11.8 Å². The van der Waals surface area contributed by atoms with Crippen molar-refractivity contribution in [1.29, 1.82) is 0 Å². The third-order valence-electron chi connectivity index (χ3n) is 7.02. The van der Waals surface area contributed by atoms with E-state index in [1.54, 1.807) is 36.4 Å². The minimum absolute atomic E-state index is 0.0600. The Morgan fingerprint density at radius 3 is 2.36 bits per heavy atom. The van der Waals surface area contributed by atoms with Crippen LogP contribution >= 0.6 is 0 Å². The molecule has 0 unspecified atom stereocenters. The molecular formula is C25H24F2N4O4S. The van der Waals surface area contributed by atoms with Crippen molar-refractivity contribution >= 4 is 15.7 Å². The maximum Gasteiger partial charge on any atom is 0.586 e. The Morgan fingerprint density at radius 2 is 1.67 bits per heavy atom. The van der Waals surface area contributed by atoms with Crippen molar-refractivity contribution in [2.45, 2.75) is 41.6 Å². The first-order chi connectivity index (χ1) is 17.2. The zero-order valence-electron chi connectivity index (χ0n) is 19.2. The van der Waals surface area contributed by atoms with E-state index in [-0.39, 0.29) is 27.5 Å². The van der Waals surface area contributed by atoms with Gasteiger partial charge in [0.1, 0.15) is 5.82 Å². The van der Waals surface area contributed by atoms with E-state index in [0.717, 1.165) is 31.5 Å². The molecule has 8 nitrogen and oxygen atoms in total. The number of hydrogen-bond acceptors (Lipinski definition) is 8. The van der Waals surface area contributed by atoms with E-state index in [2.05, 4.69) is 29.9 Å². The van der Waals surface area contributed by atoms with Gasteiger partial charge in [-0.25, -0.2) is 8.42 Å². The summed E-state index contributed by atoms with van der Waals surface area (Å²) < 4.78 is 61.0. The van der Waals surface area contributed by atoms with Crippen molar-refractivity contribution in [3.63, 3.8) is 0 Å². The third-order valence-corrected chi connectivity index (χ3v) is 8.68. The van der Waals surface area contributed by atoms with Gasteiger partial charge >= 0.3 is 6.29 Å². The van der Waals surface area contributed by atoms with Crippen molar-refractivity contribution in [3.8, 4) is 11.5 Å². The summed E-state index contributed by atoms with van der Waals surface area (Å²) in [6.45, 7) is 2.51. The molecule has 1 saturated heterocycles. The molecule has 3 atom stereocenters. The summed E-state index contributed by atoms with van der Waals surface area (Å²) >= 11 is 0. The number of hydrogen-bond donors (Lipinski definition) is 1. The summed E-state index contributed by atoms with van der Waals surface area (Å²) in [5, 5.41) is 11.4. The number of fused-ring (bicyclic) bond motifs is 2. The Balaban J connectivity index is 1.03. The molecule has 11 heteroatoms. The van der Waals surface area contributed by atoms with Gasteiger partial charge in [-0.1, -0.05) is 24.3 Å². The smallest absolute Gasteiger partial charge is 0.395 e. The number of alkyl halides is 2. The monoisotopic (exact) mass is 514 g/mol. The number of rotatable bonds is 6. The molecule has 6 rings (SSSR count). The lowest BCUT2D eigenvalue weighted by Gasteiger charge is -2.20. The summed E-state index contributed by atoms with van der Waals surface area (Å²) in [6, 6.07) is 16.5. The molecule has 0 bridgehead atoms. The molecule has 2 aliphatic heterocycles. The van der Waals surface area contributed by atoms with Crippen LogP contribution in [0.15, 0.2) is 70.6 Å². The average Bonchev–Trinajstić information content (AvgIpc) is 3.49. The van der Waals surface area contributed by atoms with E-state index in [1.807, 2.05) is 0 Å². The SMILES string of the molecule is O=S(=O)(c1ccccc1)c1ccc(N[C@H]2C[C@@H]3CN(Cc4ccc5c(c4)OC(F)(F)O5)C[C@@H]3C2)nn1. The maximum absolute atomic E-state index is 13.3. The molecule has 1 N–H and O–H groups in total. The lowest BCUT2D eigenvalue weighted by Crippen LogP contribution is -2.26. The van der Waals surface area contributed by atoms with Crippen LogP contribution in [0.4, 0.5) is 14.6 Å². The van der Waals surface area contributed by atoms with Crippen LogP contribution in [0.25, 0.3) is 0 Å². The summed E-state index contributed by atoms with van der Waals surface area (Å²) in [5.74, 6) is 1.73. The fourth-order valence-corrected chi connectivity index (χ4v) is 6.62. The summed E-state index contributed by atoms with van der Waals surface area (Å²) in [7, 11) is -3.70. The molecule has 1 saturated carbocycles. The number of likely N-dealkylation sites (tertiary alicyclic amines) is 1. The van der Waals surface area contributed by atoms with Crippen LogP contribution in [0.2, 0.25) is 0 Å². The highest BCUT2D eigenvalue weighted by atomic mass is 32.2. The summed E-state index contributed by atoms with van der Waals surface area (Å²) in [4.78, 5) is 2.52. The zero-order chi connectivity index (χ0) is 24.9. The molecule has 1 aliphatic carbocycles. The number of halogens is 2. The average molecular weight is 515 g/mol. The van der Waals surface area contributed by atoms with Gasteiger partial charge in [-0.2, -0.15) is 0 Å². The van der Waals surface area contributed by atoms with Crippen LogP contribution < -0.4 is 14.8 Å². The first-order valence-corrected chi connectivity index (χ1v) is 13.2. The van der Waals surface area contributed by atoms with Gasteiger partial charge in [0.25, 0.3) is 0 Å². The standard InChI is InChI=1S/C25H24F2N4O4S/c26-25(27)34-21-7-6-16(10-22(21)35-25)13-31-14-17-11-19(12-18(17)15-31)28-23-8-9-24(30-29-23)36(32,33)20-4-2-1-3-5-20/h1-10,17-19H,11-15H2,(H,28,29)/t17-,18+,19+. The molecule has 2 aromatic carbocycles. The van der Waals surface area contributed by atoms with E-state index < -0.39 is 16.1 Å². The molecule has 0 radical (unpaired) electrons. The molecule has 3 aromatic rings. The number of benzene rings is 2. The number of sulfone groups is 1. The van der Waals surface area contributed by atoms with E-state index in [0.29, 0.717) is 24.2 Å². The third kappa shape index (κ3) is 4.48. The minimum atomic E-state index is -3.70. The molecule has 0 spiro atoms. The van der Waals surface area contributed by atoms with Gasteiger partial charge in [0.05, 0.1) is 4.90 Å². The Bertz CT molecular complexity index is 1360. The first kappa shape index (κ1) is 23.1. The predicted octanol–water partition coefficient (Wildman–Crippen LogP) is 3.95. The second-order valence-electron chi connectivity index (χ2n) is 9.55. The lowest BCUT2D eigenvalue weighted by atomic mass is 10.0. The molecule has 1 aromatic heterocycles. The van der Waals surface area contributed by atoms with Gasteiger partial charge < -0.3 is 14.8 Å². The number of aromatic nitrogens is 2. The second kappa shape index (κ2) is 8.67. The Labute approximate surface area is 207 Å². The van der Waals surface area contributed by atoms with Gasteiger partial charge in [0.15, 0.2) is 16.5 Å². The fourth-order valence-electron chi connectivity index (χ4n) is 5.46. The van der Waals surface area contributed by atoms with Crippen LogP contribution in [0.5, 0.6) is 11.5 Å². The highest BCUT2D eigenvalue weighted by Gasteiger charge is 2.44. The Kier molecular flexibility index (Phi) is 5.56. The Morgan fingerprint density at radius 1 is 0.944 bits per heavy atom. The lowest BCUT2D eigenvalue weighted by molar-refractivity contribution is -0.286. The second-order valence-corrected chi connectivity index (χ2v) is 11.4. The van der Waals surface area contributed by atoms with E-state index in [1.165, 1.54) is 24.3 Å². The van der Waals surface area contributed by atoms with Gasteiger partial charge in [-0.15, -0.1) is 19.0 Å². The molecule has 3 heterocycles. The highest BCUT2D eigenvalue weighted by Crippen LogP contribution is 2.43. The largest absolute Gasteiger partial charge is 0.586 e. The topological polar surface area (TPSA) is 93.7 Å². The van der Waals surface area contributed by atoms with Crippen molar-refractivity contribution < 1.29 is 26.7 Å². The van der Waals surface area contributed by atoms with Crippen LogP contribution in [0.3, 0.4) is 0 Å². The van der Waals surface area contributed by atoms with E-state index in [9.17, 15) is 17.2 Å². The Hall–Kier alpha value is -3.31. The van der Waals surface area contributed by atoms with Crippen molar-refractivity contribution in [2.75, 3.05) is 18.4 Å². The van der Waals surface area contributed by atoms with Gasteiger partial charge in [-0.3, -0.25) is 4.90 Å². The summed E-state index contributed by atoms with van der Waals surface area (Å²) in [5.41, 5.74) is 0.908. The van der Waals surface area contributed by atoms with Crippen LogP contribution in [0, 0.1) is 11.8 Å². The molecule has 2 fully saturated rings. The molecular weight excluding hydrogens is 490 g/mol. The molecule has 3 aliphatic rings. The van der Waals surface area contributed by atoms with Crippen molar-refractivity contribution in [3.05, 3.63) is 66.2 Å². The molecule has 188 valence electrons. The van der Waals surface area contributed by atoms with Gasteiger partial charge in [0.2, 0.25) is 9.84 Å². The number of ether oxygens (including phenoxy) is 2. The van der Waals surface area contributed by atoms with Crippen LogP contribution in [-0.2, 0) is 16.4 Å². The number of nitrogens with one attached hydrogen (secondary N) is 1. The van der Waals surface area contributed by atoms with Crippen LogP contribution in [-0.4, -0.2) is 48.9 Å². The number of nitrogens with zero attached hydrogens (tertiary/aromatic N) is 3. The highest BCUT2D eigenvalue weighted by molar-refractivity contribution is 7.91. The molecule has 36 heavy (non-hydrogen) atoms.